The molecule has 1 aromatic rings. The van der Waals surface area contributed by atoms with Crippen LogP contribution in [-0.2, 0) is 10.0 Å². The Morgan fingerprint density at radius 1 is 1.56 bits per heavy atom. The summed E-state index contributed by atoms with van der Waals surface area (Å²) in [6.45, 7) is 1.90. The Morgan fingerprint density at radius 3 is 2.78 bits per heavy atom. The summed E-state index contributed by atoms with van der Waals surface area (Å²) in [4.78, 5) is 4.28. The van der Waals surface area contributed by atoms with Gasteiger partial charge >= 0.3 is 0 Å². The molecule has 102 valence electrons. The second-order valence-electron chi connectivity index (χ2n) is 3.95. The van der Waals surface area contributed by atoms with Crippen molar-refractivity contribution in [2.24, 2.45) is 0 Å². The number of thioether (sulfide) groups is 1. The van der Waals surface area contributed by atoms with Gasteiger partial charge in [0.05, 0.1) is 4.90 Å². The molecule has 0 saturated carbocycles. The lowest BCUT2D eigenvalue weighted by molar-refractivity contribution is 0.415. The highest BCUT2D eigenvalue weighted by Gasteiger charge is 2.25. The third-order valence-corrected chi connectivity index (χ3v) is 5.48. The van der Waals surface area contributed by atoms with E-state index in [1.165, 1.54) is 22.6 Å². The van der Waals surface area contributed by atoms with Gasteiger partial charge in [0.2, 0.25) is 10.0 Å². The van der Waals surface area contributed by atoms with Gasteiger partial charge in [0.25, 0.3) is 0 Å². The van der Waals surface area contributed by atoms with Crippen molar-refractivity contribution in [1.82, 2.24) is 9.29 Å². The first kappa shape index (κ1) is 15.3. The van der Waals surface area contributed by atoms with Crippen LogP contribution in [0.15, 0.2) is 23.2 Å². The second-order valence-corrected chi connectivity index (χ2v) is 6.86. The molecule has 1 heterocycles. The summed E-state index contributed by atoms with van der Waals surface area (Å²) in [6.07, 6.45) is 3.45. The van der Waals surface area contributed by atoms with Gasteiger partial charge in [-0.1, -0.05) is 0 Å². The predicted molar refractivity (Wildman–Crippen MR) is 76.6 cm³/mol. The zero-order valence-corrected chi connectivity index (χ0v) is 12.7. The maximum Gasteiger partial charge on any atom is 0.243 e. The van der Waals surface area contributed by atoms with Gasteiger partial charge in [-0.15, -0.1) is 0 Å². The summed E-state index contributed by atoms with van der Waals surface area (Å²) in [5.74, 6) is 1.31. The smallest absolute Gasteiger partial charge is 0.243 e. The van der Waals surface area contributed by atoms with Gasteiger partial charge in [-0.3, -0.25) is 0 Å². The highest BCUT2D eigenvalue weighted by molar-refractivity contribution is 7.98. The van der Waals surface area contributed by atoms with Crippen LogP contribution in [-0.4, -0.2) is 49.9 Å². The van der Waals surface area contributed by atoms with E-state index in [-0.39, 0.29) is 10.9 Å². The van der Waals surface area contributed by atoms with Crippen molar-refractivity contribution in [3.8, 4) is 0 Å². The Labute approximate surface area is 113 Å². The number of hydrogen-bond acceptors (Lipinski definition) is 5. The average Bonchev–Trinajstić information content (AvgIpc) is 2.38. The van der Waals surface area contributed by atoms with Crippen LogP contribution in [0.25, 0.3) is 0 Å². The van der Waals surface area contributed by atoms with Crippen molar-refractivity contribution in [2.75, 3.05) is 31.4 Å². The molecule has 1 atom stereocenters. The highest BCUT2D eigenvalue weighted by atomic mass is 32.2. The van der Waals surface area contributed by atoms with E-state index >= 15 is 0 Å². The van der Waals surface area contributed by atoms with E-state index in [9.17, 15) is 8.42 Å². The number of nitrogens with one attached hydrogen (secondary N) is 1. The molecule has 0 aliphatic rings. The summed E-state index contributed by atoms with van der Waals surface area (Å²) >= 11 is 1.63. The van der Waals surface area contributed by atoms with Gasteiger partial charge in [0, 0.05) is 38.2 Å². The Hall–Kier alpha value is -0.790. The molecule has 1 rings (SSSR count). The zero-order chi connectivity index (χ0) is 13.8. The van der Waals surface area contributed by atoms with E-state index in [1.54, 1.807) is 25.9 Å². The Bertz CT molecular complexity index is 491. The van der Waals surface area contributed by atoms with Crippen LogP contribution in [0.3, 0.4) is 0 Å². The fraction of sp³-hybridized carbons (Fsp3) is 0.545. The molecule has 0 radical (unpaired) electrons. The quantitative estimate of drug-likeness (QED) is 0.860. The van der Waals surface area contributed by atoms with Crippen LogP contribution in [0.4, 0.5) is 5.82 Å². The molecule has 1 unspecified atom stereocenters. The molecule has 5 nitrogen and oxygen atoms in total. The molecule has 0 saturated heterocycles. The van der Waals surface area contributed by atoms with Crippen LogP contribution in [0.1, 0.15) is 6.92 Å². The van der Waals surface area contributed by atoms with Gasteiger partial charge < -0.3 is 5.32 Å². The van der Waals surface area contributed by atoms with E-state index in [1.807, 2.05) is 13.2 Å². The summed E-state index contributed by atoms with van der Waals surface area (Å²) < 4.78 is 26.2. The molecule has 1 aromatic heterocycles. The third kappa shape index (κ3) is 3.37. The second kappa shape index (κ2) is 6.40. The highest BCUT2D eigenvalue weighted by Crippen LogP contribution is 2.19. The first-order valence-electron chi connectivity index (χ1n) is 5.54. The lowest BCUT2D eigenvalue weighted by Crippen LogP contribution is -2.36. The zero-order valence-electron chi connectivity index (χ0n) is 11.0. The molecule has 1 N–H and O–H groups in total. The summed E-state index contributed by atoms with van der Waals surface area (Å²) in [6, 6.07) is 3.01. The lowest BCUT2D eigenvalue weighted by Gasteiger charge is -2.23. The summed E-state index contributed by atoms with van der Waals surface area (Å²) in [7, 11) is -0.139. The minimum absolute atomic E-state index is 0.0452. The molecule has 0 amide bonds. The molecule has 7 heteroatoms. The summed E-state index contributed by atoms with van der Waals surface area (Å²) in [5, 5.41) is 2.83. The van der Waals surface area contributed by atoms with Crippen molar-refractivity contribution in [3.05, 3.63) is 18.3 Å². The van der Waals surface area contributed by atoms with E-state index in [2.05, 4.69) is 10.3 Å². The van der Waals surface area contributed by atoms with Crippen molar-refractivity contribution in [2.45, 2.75) is 17.9 Å². The Kier molecular flexibility index (Phi) is 5.43. The number of hydrogen-bond donors (Lipinski definition) is 1. The predicted octanol–water partition coefficient (Wildman–Crippen LogP) is 1.50. The fourth-order valence-corrected chi connectivity index (χ4v) is 3.63. The topological polar surface area (TPSA) is 62.3 Å². The standard InChI is InChI=1S/C11H19N3O2S2/c1-9(8-17-4)14(3)18(15,16)10-5-6-13-11(7-10)12-2/h5-7,9H,8H2,1-4H3,(H,12,13). The van der Waals surface area contributed by atoms with Crippen molar-refractivity contribution < 1.29 is 8.42 Å². The monoisotopic (exact) mass is 289 g/mol. The van der Waals surface area contributed by atoms with Crippen LogP contribution < -0.4 is 5.32 Å². The normalized spacial score (nSPS) is 13.6. The van der Waals surface area contributed by atoms with Gasteiger partial charge in [0.15, 0.2) is 0 Å². The SMILES string of the molecule is CNc1cc(S(=O)(=O)N(C)C(C)CSC)ccn1. The van der Waals surface area contributed by atoms with Gasteiger partial charge in [-0.25, -0.2) is 13.4 Å². The van der Waals surface area contributed by atoms with Crippen molar-refractivity contribution in [1.29, 1.82) is 0 Å². The van der Waals surface area contributed by atoms with Gasteiger partial charge in [-0.05, 0) is 19.2 Å². The molecule has 0 aromatic carbocycles. The maximum atomic E-state index is 12.4. The number of pyridine rings is 1. The first-order valence-corrected chi connectivity index (χ1v) is 8.37. The minimum atomic E-state index is -3.45. The average molecular weight is 289 g/mol. The van der Waals surface area contributed by atoms with Crippen molar-refractivity contribution >= 4 is 27.6 Å². The van der Waals surface area contributed by atoms with Crippen LogP contribution in [0, 0.1) is 0 Å². The number of rotatable bonds is 6. The molecule has 0 aliphatic carbocycles. The van der Waals surface area contributed by atoms with E-state index in [0.717, 1.165) is 5.75 Å². The first-order chi connectivity index (χ1) is 8.43. The summed E-state index contributed by atoms with van der Waals surface area (Å²) in [5.41, 5.74) is 0. The van der Waals surface area contributed by atoms with Crippen molar-refractivity contribution in [3.63, 3.8) is 0 Å². The number of aromatic nitrogens is 1. The largest absolute Gasteiger partial charge is 0.373 e. The molecule has 0 fully saturated rings. The molecule has 0 spiro atoms. The van der Waals surface area contributed by atoms with E-state index in [4.69, 9.17) is 0 Å². The molecule has 0 bridgehead atoms. The molecular formula is C11H19N3O2S2. The van der Waals surface area contributed by atoms with E-state index in [0.29, 0.717) is 5.82 Å². The molecule has 0 aliphatic heterocycles. The number of anilines is 1. The molecular weight excluding hydrogens is 270 g/mol. The van der Waals surface area contributed by atoms with Crippen LogP contribution >= 0.6 is 11.8 Å². The van der Waals surface area contributed by atoms with Crippen LogP contribution in [0.5, 0.6) is 0 Å². The number of nitrogens with zero attached hydrogens (tertiary/aromatic N) is 2. The van der Waals surface area contributed by atoms with Gasteiger partial charge in [-0.2, -0.15) is 16.1 Å². The van der Waals surface area contributed by atoms with Crippen LogP contribution in [0.2, 0.25) is 0 Å². The van der Waals surface area contributed by atoms with E-state index < -0.39 is 10.0 Å². The number of sulfonamides is 1. The van der Waals surface area contributed by atoms with Gasteiger partial charge in [0.1, 0.15) is 5.82 Å². The fourth-order valence-electron chi connectivity index (χ4n) is 1.46. The Morgan fingerprint density at radius 2 is 2.22 bits per heavy atom. The lowest BCUT2D eigenvalue weighted by atomic mass is 10.4. The maximum absolute atomic E-state index is 12.4. The Balaban J connectivity index is 3.05. The third-order valence-electron chi connectivity index (χ3n) is 2.69. The molecule has 18 heavy (non-hydrogen) atoms. The minimum Gasteiger partial charge on any atom is -0.373 e.